The SMILES string of the molecule is CC1(C)c2ccccc2-c2c1c1c(c3c2oc2ccccc23)-c2ccc(C(CCc3ccc4c(c3)C3(c5ccccc5-c5ccccc53)c3cc5c(cc3-4)C3(c4ccccc4-c4ccccc43)c3ccc4oc6ccccc6c4c3-5)c3cccc4ccccc34)cc2C1(C)C. The summed E-state index contributed by atoms with van der Waals surface area (Å²) in [5.74, 6) is 0.0895. The van der Waals surface area contributed by atoms with Crippen molar-refractivity contribution in [3.63, 3.8) is 0 Å². The van der Waals surface area contributed by atoms with E-state index >= 15 is 0 Å². The molecule has 2 spiro atoms. The van der Waals surface area contributed by atoms with E-state index in [0.29, 0.717) is 0 Å². The van der Waals surface area contributed by atoms with Crippen LogP contribution in [0.3, 0.4) is 0 Å². The summed E-state index contributed by atoms with van der Waals surface area (Å²) in [7, 11) is 0. The van der Waals surface area contributed by atoms with E-state index in [1.807, 2.05) is 0 Å². The van der Waals surface area contributed by atoms with E-state index in [1.165, 1.54) is 177 Å². The van der Waals surface area contributed by atoms with Crippen molar-refractivity contribution in [3.05, 3.63) is 356 Å². The molecular weight excluding hydrogens is 1150 g/mol. The highest BCUT2D eigenvalue weighted by Crippen LogP contribution is 2.70. The molecule has 16 aromatic rings. The van der Waals surface area contributed by atoms with Crippen LogP contribution in [0.5, 0.6) is 0 Å². The lowest BCUT2D eigenvalue weighted by Crippen LogP contribution is -2.27. The third-order valence-corrected chi connectivity index (χ3v) is 24.1. The summed E-state index contributed by atoms with van der Waals surface area (Å²) in [6.45, 7) is 9.87. The second-order valence-electron chi connectivity index (χ2n) is 29.0. The number of rotatable bonds is 5. The van der Waals surface area contributed by atoms with E-state index in [0.717, 1.165) is 40.6 Å². The Hall–Kier alpha value is -11.1. The van der Waals surface area contributed by atoms with Gasteiger partial charge in [0.25, 0.3) is 0 Å². The van der Waals surface area contributed by atoms with Gasteiger partial charge in [-0.2, -0.15) is 0 Å². The summed E-state index contributed by atoms with van der Waals surface area (Å²) in [6.07, 6.45) is 1.80. The summed E-state index contributed by atoms with van der Waals surface area (Å²) in [4.78, 5) is 0. The van der Waals surface area contributed by atoms with E-state index in [-0.39, 0.29) is 16.7 Å². The quantitative estimate of drug-likeness (QED) is 0.172. The smallest absolute Gasteiger partial charge is 0.144 e. The van der Waals surface area contributed by atoms with Crippen LogP contribution in [0.1, 0.15) is 123 Å². The Morgan fingerprint density at radius 3 is 1.49 bits per heavy atom. The average molecular weight is 1210 g/mol. The Morgan fingerprint density at radius 1 is 0.305 bits per heavy atom. The summed E-state index contributed by atoms with van der Waals surface area (Å²) >= 11 is 0. The summed E-state index contributed by atoms with van der Waals surface area (Å²) in [5.41, 5.74) is 38.2. The molecule has 2 heteroatoms. The monoisotopic (exact) mass is 1210 g/mol. The van der Waals surface area contributed by atoms with Gasteiger partial charge in [-0.05, 0) is 199 Å². The largest absolute Gasteiger partial charge is 0.456 e. The molecule has 0 saturated carbocycles. The van der Waals surface area contributed by atoms with Gasteiger partial charge in [0.15, 0.2) is 0 Å². The molecule has 0 N–H and O–H groups in total. The predicted octanol–water partition coefficient (Wildman–Crippen LogP) is 23.7. The standard InChI is InChI=1S/C93H62O2/c1-90(2)69-33-14-11-29-63(69)86-88(90)87-84(85-66-31-13-20-39-80(66)95-89(85)86)64-45-42-54(49-75(64)91(87,3)4)56(57-32-21-23-53-22-5-6-24-55(53)57)43-40-52-41-44-62-67-50-78-68(51-77(67)93(76(62)48-52)72-36-17-9-27-60(72)61-28-10-18-37-73(61)93)82-74(46-47-81-83(82)65-30-12-19-38-79(65)94-81)92(78)70-34-15-7-25-58(70)59-26-8-16-35-71(59)92/h5-39,41-42,44-51,56H,40,43H2,1-4H3. The molecule has 6 aliphatic rings. The van der Waals surface area contributed by atoms with Crippen molar-refractivity contribution in [1.29, 1.82) is 0 Å². The van der Waals surface area contributed by atoms with E-state index in [4.69, 9.17) is 8.83 Å². The van der Waals surface area contributed by atoms with Crippen molar-refractivity contribution in [2.24, 2.45) is 0 Å². The molecule has 95 heavy (non-hydrogen) atoms. The maximum absolute atomic E-state index is 7.09. The van der Waals surface area contributed by atoms with Crippen molar-refractivity contribution >= 4 is 54.6 Å². The molecule has 2 nitrogen and oxygen atoms in total. The van der Waals surface area contributed by atoms with Crippen LogP contribution in [-0.2, 0) is 28.1 Å². The highest BCUT2D eigenvalue weighted by atomic mass is 16.3. The Kier molecular flexibility index (Phi) is 9.93. The van der Waals surface area contributed by atoms with Gasteiger partial charge in [-0.25, -0.2) is 0 Å². The van der Waals surface area contributed by atoms with Gasteiger partial charge in [0.05, 0.1) is 10.8 Å². The van der Waals surface area contributed by atoms with Crippen LogP contribution in [0.4, 0.5) is 0 Å². The fraction of sp³-hybridized carbons (Fsp3) is 0.118. The Balaban J connectivity index is 0.746. The second kappa shape index (κ2) is 18.0. The minimum absolute atomic E-state index is 0.0895. The Labute approximate surface area is 551 Å². The van der Waals surface area contributed by atoms with Crippen LogP contribution in [0.25, 0.3) is 121 Å². The number of furan rings is 2. The summed E-state index contributed by atoms with van der Waals surface area (Å²) in [6, 6.07) is 105. The van der Waals surface area contributed by atoms with Gasteiger partial charge >= 0.3 is 0 Å². The van der Waals surface area contributed by atoms with Crippen molar-refractivity contribution in [1.82, 2.24) is 0 Å². The molecule has 0 radical (unpaired) electrons. The number of aryl methyl sites for hydroxylation is 1. The maximum Gasteiger partial charge on any atom is 0.144 e. The molecule has 0 fully saturated rings. The molecule has 0 amide bonds. The van der Waals surface area contributed by atoms with Crippen molar-refractivity contribution in [2.45, 2.75) is 68.1 Å². The number of fused-ring (bicyclic) bond motifs is 37. The van der Waals surface area contributed by atoms with Crippen LogP contribution in [0.2, 0.25) is 0 Å². The summed E-state index contributed by atoms with van der Waals surface area (Å²) < 4.78 is 13.9. The molecule has 446 valence electrons. The number of hydrogen-bond donors (Lipinski definition) is 0. The molecule has 2 aromatic heterocycles. The van der Waals surface area contributed by atoms with Crippen LogP contribution < -0.4 is 0 Å². The zero-order valence-corrected chi connectivity index (χ0v) is 53.3. The van der Waals surface area contributed by atoms with E-state index in [9.17, 15) is 0 Å². The molecule has 6 aliphatic carbocycles. The fourth-order valence-electron chi connectivity index (χ4n) is 20.4. The molecule has 22 rings (SSSR count). The molecule has 2 heterocycles. The third-order valence-electron chi connectivity index (χ3n) is 24.1. The van der Waals surface area contributed by atoms with E-state index in [1.54, 1.807) is 0 Å². The molecule has 14 aromatic carbocycles. The lowest BCUT2D eigenvalue weighted by atomic mass is 9.68. The number of hydrogen-bond acceptors (Lipinski definition) is 2. The van der Waals surface area contributed by atoms with Gasteiger partial charge in [0.2, 0.25) is 0 Å². The van der Waals surface area contributed by atoms with Crippen molar-refractivity contribution in [3.8, 4) is 66.8 Å². The van der Waals surface area contributed by atoms with E-state index in [2.05, 4.69) is 301 Å². The average Bonchev–Trinajstić information content (AvgIpc) is 1.49. The molecule has 1 unspecified atom stereocenters. The van der Waals surface area contributed by atoms with Crippen LogP contribution >= 0.6 is 0 Å². The fourth-order valence-corrected chi connectivity index (χ4v) is 20.4. The first-order valence-electron chi connectivity index (χ1n) is 34.1. The Bertz CT molecular complexity index is 6090. The third kappa shape index (κ3) is 6.25. The van der Waals surface area contributed by atoms with Crippen molar-refractivity contribution < 1.29 is 8.83 Å². The Morgan fingerprint density at radius 2 is 0.800 bits per heavy atom. The summed E-state index contributed by atoms with van der Waals surface area (Å²) in [5, 5.41) is 7.35. The minimum Gasteiger partial charge on any atom is -0.456 e. The first-order valence-corrected chi connectivity index (χ1v) is 34.1. The van der Waals surface area contributed by atoms with Gasteiger partial charge < -0.3 is 8.83 Å². The maximum atomic E-state index is 7.09. The molecule has 0 aliphatic heterocycles. The van der Waals surface area contributed by atoms with Gasteiger partial charge in [-0.3, -0.25) is 0 Å². The lowest BCUT2D eigenvalue weighted by Gasteiger charge is -2.32. The molecule has 1 atom stereocenters. The highest BCUT2D eigenvalue weighted by Gasteiger charge is 2.57. The molecule has 0 saturated heterocycles. The predicted molar refractivity (Wildman–Crippen MR) is 389 cm³/mol. The number of para-hydroxylation sites is 2. The van der Waals surface area contributed by atoms with Crippen LogP contribution in [0, 0.1) is 0 Å². The van der Waals surface area contributed by atoms with Crippen LogP contribution in [-0.4, -0.2) is 0 Å². The second-order valence-corrected chi connectivity index (χ2v) is 29.0. The molecular formula is C93H62O2. The number of benzene rings is 14. The zero-order chi connectivity index (χ0) is 62.6. The minimum atomic E-state index is -0.589. The van der Waals surface area contributed by atoms with E-state index < -0.39 is 10.8 Å². The van der Waals surface area contributed by atoms with Gasteiger partial charge in [-0.1, -0.05) is 270 Å². The molecule has 0 bridgehead atoms. The van der Waals surface area contributed by atoms with Gasteiger partial charge in [0.1, 0.15) is 22.3 Å². The highest BCUT2D eigenvalue weighted by molar-refractivity contribution is 6.21. The first-order chi connectivity index (χ1) is 46.6. The normalized spacial score (nSPS) is 16.0. The zero-order valence-electron chi connectivity index (χ0n) is 53.3. The lowest BCUT2D eigenvalue weighted by molar-refractivity contribution is 0.599. The topological polar surface area (TPSA) is 26.3 Å². The van der Waals surface area contributed by atoms with Gasteiger partial charge in [-0.15, -0.1) is 0 Å². The van der Waals surface area contributed by atoms with Crippen molar-refractivity contribution in [2.75, 3.05) is 0 Å². The van der Waals surface area contributed by atoms with Gasteiger partial charge in [0, 0.05) is 43.9 Å². The van der Waals surface area contributed by atoms with Crippen LogP contribution in [0.15, 0.2) is 282 Å². The first kappa shape index (κ1) is 52.4.